The lowest BCUT2D eigenvalue weighted by molar-refractivity contribution is -0.138. The van der Waals surface area contributed by atoms with Crippen molar-refractivity contribution < 1.29 is 9.59 Å². The molecular formula is C21H23N3O2. The Morgan fingerprint density at radius 3 is 2.54 bits per heavy atom. The molecule has 0 aliphatic carbocycles. The van der Waals surface area contributed by atoms with Crippen LogP contribution in [0.4, 0.5) is 0 Å². The summed E-state index contributed by atoms with van der Waals surface area (Å²) >= 11 is 0. The molecule has 1 aromatic carbocycles. The van der Waals surface area contributed by atoms with Crippen LogP contribution >= 0.6 is 0 Å². The number of aromatic nitrogens is 1. The smallest absolute Gasteiger partial charge is 0.228 e. The molecule has 4 rings (SSSR count). The number of nitrogens with zero attached hydrogens (tertiary/aromatic N) is 2. The first-order valence-corrected chi connectivity index (χ1v) is 9.20. The van der Waals surface area contributed by atoms with Gasteiger partial charge in [0.15, 0.2) is 0 Å². The highest BCUT2D eigenvalue weighted by Crippen LogP contribution is 2.47. The maximum atomic E-state index is 12.7. The van der Waals surface area contributed by atoms with Gasteiger partial charge in [0, 0.05) is 37.4 Å². The van der Waals surface area contributed by atoms with Gasteiger partial charge in [-0.1, -0.05) is 36.4 Å². The van der Waals surface area contributed by atoms with Crippen LogP contribution in [0.5, 0.6) is 0 Å². The number of carbonyl (C=O) groups is 2. The second-order valence-corrected chi connectivity index (χ2v) is 7.21. The van der Waals surface area contributed by atoms with Gasteiger partial charge in [0.05, 0.1) is 11.8 Å². The third-order valence-electron chi connectivity index (χ3n) is 5.85. The zero-order valence-corrected chi connectivity index (χ0v) is 14.7. The monoisotopic (exact) mass is 349 g/mol. The van der Waals surface area contributed by atoms with Gasteiger partial charge in [-0.3, -0.25) is 14.6 Å². The molecule has 1 aromatic heterocycles. The standard InChI is InChI=1S/C21H23N3O2/c25-19(14-17-8-4-5-11-22-17)24-12-9-21(10-13-24)18(15-23-20(21)26)16-6-2-1-3-7-16/h1-8,11,18H,9-10,12-15H2,(H,23,26). The van der Waals surface area contributed by atoms with Gasteiger partial charge in [0.25, 0.3) is 0 Å². The molecule has 1 unspecified atom stereocenters. The average molecular weight is 349 g/mol. The van der Waals surface area contributed by atoms with E-state index in [2.05, 4.69) is 22.4 Å². The Balaban J connectivity index is 1.46. The first-order valence-electron chi connectivity index (χ1n) is 9.20. The predicted molar refractivity (Wildman–Crippen MR) is 98.4 cm³/mol. The molecule has 2 aliphatic heterocycles. The molecule has 1 spiro atoms. The minimum absolute atomic E-state index is 0.0909. The number of amides is 2. The molecule has 0 bridgehead atoms. The molecule has 1 N–H and O–H groups in total. The second kappa shape index (κ2) is 6.90. The highest BCUT2D eigenvalue weighted by molar-refractivity contribution is 5.87. The molecule has 0 radical (unpaired) electrons. The highest BCUT2D eigenvalue weighted by atomic mass is 16.2. The molecule has 2 fully saturated rings. The van der Waals surface area contributed by atoms with Crippen LogP contribution < -0.4 is 5.32 Å². The summed E-state index contributed by atoms with van der Waals surface area (Å²) in [6.45, 7) is 1.94. The SMILES string of the molecule is O=C(Cc1ccccn1)N1CCC2(CC1)C(=O)NCC2c1ccccc1. The van der Waals surface area contributed by atoms with E-state index < -0.39 is 0 Å². The Morgan fingerprint density at radius 2 is 1.85 bits per heavy atom. The highest BCUT2D eigenvalue weighted by Gasteiger charge is 2.52. The van der Waals surface area contributed by atoms with E-state index in [1.807, 2.05) is 41.3 Å². The largest absolute Gasteiger partial charge is 0.355 e. The number of pyridine rings is 1. The first-order chi connectivity index (χ1) is 12.7. The molecule has 26 heavy (non-hydrogen) atoms. The zero-order chi connectivity index (χ0) is 18.0. The molecule has 134 valence electrons. The van der Waals surface area contributed by atoms with Crippen LogP contribution in [0.25, 0.3) is 0 Å². The summed E-state index contributed by atoms with van der Waals surface area (Å²) in [5, 5.41) is 3.06. The summed E-state index contributed by atoms with van der Waals surface area (Å²) in [7, 11) is 0. The van der Waals surface area contributed by atoms with Crippen molar-refractivity contribution in [2.24, 2.45) is 5.41 Å². The third kappa shape index (κ3) is 2.98. The van der Waals surface area contributed by atoms with Crippen LogP contribution in [0, 0.1) is 5.41 Å². The molecular weight excluding hydrogens is 326 g/mol. The number of carbonyl (C=O) groups excluding carboxylic acids is 2. The number of benzene rings is 1. The van der Waals surface area contributed by atoms with E-state index in [9.17, 15) is 9.59 Å². The van der Waals surface area contributed by atoms with Crippen molar-refractivity contribution in [2.75, 3.05) is 19.6 Å². The van der Waals surface area contributed by atoms with Crippen LogP contribution in [0.15, 0.2) is 54.7 Å². The average Bonchev–Trinajstić information content (AvgIpc) is 3.00. The van der Waals surface area contributed by atoms with E-state index in [0.29, 0.717) is 38.9 Å². The number of hydrogen-bond acceptors (Lipinski definition) is 3. The van der Waals surface area contributed by atoms with E-state index >= 15 is 0 Å². The van der Waals surface area contributed by atoms with Crippen molar-refractivity contribution in [1.82, 2.24) is 15.2 Å². The number of hydrogen-bond donors (Lipinski definition) is 1. The van der Waals surface area contributed by atoms with E-state index in [1.165, 1.54) is 5.56 Å². The van der Waals surface area contributed by atoms with Crippen LogP contribution in [0.2, 0.25) is 0 Å². The van der Waals surface area contributed by atoms with E-state index in [4.69, 9.17) is 0 Å². The summed E-state index contributed by atoms with van der Waals surface area (Å²) in [5.41, 5.74) is 1.61. The van der Waals surface area contributed by atoms with Crippen LogP contribution in [-0.4, -0.2) is 41.3 Å². The summed E-state index contributed by atoms with van der Waals surface area (Å²) in [6, 6.07) is 15.9. The van der Waals surface area contributed by atoms with Gasteiger partial charge in [-0.05, 0) is 30.5 Å². The minimum atomic E-state index is -0.386. The van der Waals surface area contributed by atoms with Crippen molar-refractivity contribution in [3.8, 4) is 0 Å². The molecule has 2 aromatic rings. The molecule has 2 saturated heterocycles. The second-order valence-electron chi connectivity index (χ2n) is 7.21. The Hall–Kier alpha value is -2.69. The Labute approximate surface area is 153 Å². The van der Waals surface area contributed by atoms with Crippen molar-refractivity contribution in [3.05, 3.63) is 66.0 Å². The Kier molecular flexibility index (Phi) is 4.45. The lowest BCUT2D eigenvalue weighted by Crippen LogP contribution is -2.48. The van der Waals surface area contributed by atoms with Crippen LogP contribution in [0.3, 0.4) is 0 Å². The Morgan fingerprint density at radius 1 is 1.12 bits per heavy atom. The fourth-order valence-corrected chi connectivity index (χ4v) is 4.35. The fourth-order valence-electron chi connectivity index (χ4n) is 4.35. The number of likely N-dealkylation sites (tertiary alicyclic amines) is 1. The summed E-state index contributed by atoms with van der Waals surface area (Å²) in [5.74, 6) is 0.417. The molecule has 2 aliphatic rings. The van der Waals surface area contributed by atoms with Crippen molar-refractivity contribution in [1.29, 1.82) is 0 Å². The van der Waals surface area contributed by atoms with Gasteiger partial charge in [-0.25, -0.2) is 0 Å². The number of nitrogens with one attached hydrogen (secondary N) is 1. The maximum absolute atomic E-state index is 12.7. The van der Waals surface area contributed by atoms with Crippen LogP contribution in [-0.2, 0) is 16.0 Å². The lowest BCUT2D eigenvalue weighted by atomic mass is 9.68. The zero-order valence-electron chi connectivity index (χ0n) is 14.7. The topological polar surface area (TPSA) is 62.3 Å². The van der Waals surface area contributed by atoms with Gasteiger partial charge < -0.3 is 10.2 Å². The maximum Gasteiger partial charge on any atom is 0.228 e. The van der Waals surface area contributed by atoms with Crippen LogP contribution in [0.1, 0.15) is 30.0 Å². The van der Waals surface area contributed by atoms with Gasteiger partial charge in [-0.15, -0.1) is 0 Å². The molecule has 1 atom stereocenters. The van der Waals surface area contributed by atoms with E-state index in [-0.39, 0.29) is 23.1 Å². The first kappa shape index (κ1) is 16.8. The Bertz CT molecular complexity index is 783. The predicted octanol–water partition coefficient (Wildman–Crippen LogP) is 2.15. The van der Waals surface area contributed by atoms with Gasteiger partial charge in [0.2, 0.25) is 11.8 Å². The molecule has 5 nitrogen and oxygen atoms in total. The minimum Gasteiger partial charge on any atom is -0.355 e. The molecule has 2 amide bonds. The van der Waals surface area contributed by atoms with Crippen molar-refractivity contribution in [2.45, 2.75) is 25.2 Å². The molecule has 3 heterocycles. The van der Waals surface area contributed by atoms with Gasteiger partial charge in [-0.2, -0.15) is 0 Å². The summed E-state index contributed by atoms with van der Waals surface area (Å²) in [4.78, 5) is 31.4. The van der Waals surface area contributed by atoms with Gasteiger partial charge >= 0.3 is 0 Å². The summed E-state index contributed by atoms with van der Waals surface area (Å²) < 4.78 is 0. The fraction of sp³-hybridized carbons (Fsp3) is 0.381. The normalized spacial score (nSPS) is 21.6. The molecule has 0 saturated carbocycles. The third-order valence-corrected chi connectivity index (χ3v) is 5.85. The van der Waals surface area contributed by atoms with Crippen molar-refractivity contribution >= 4 is 11.8 Å². The molecule has 5 heteroatoms. The van der Waals surface area contributed by atoms with Crippen molar-refractivity contribution in [3.63, 3.8) is 0 Å². The number of rotatable bonds is 3. The quantitative estimate of drug-likeness (QED) is 0.923. The van der Waals surface area contributed by atoms with Gasteiger partial charge in [0.1, 0.15) is 0 Å². The lowest BCUT2D eigenvalue weighted by Gasteiger charge is -2.41. The van der Waals surface area contributed by atoms with E-state index in [0.717, 1.165) is 5.69 Å². The number of piperidine rings is 1. The van der Waals surface area contributed by atoms with E-state index in [1.54, 1.807) is 6.20 Å². The summed E-state index contributed by atoms with van der Waals surface area (Å²) in [6.07, 6.45) is 3.46.